The van der Waals surface area contributed by atoms with Crippen LogP contribution in [0.3, 0.4) is 0 Å². The van der Waals surface area contributed by atoms with Crippen molar-refractivity contribution in [3.63, 3.8) is 0 Å². The van der Waals surface area contributed by atoms with Crippen LogP contribution in [0, 0.1) is 12.3 Å². The lowest BCUT2D eigenvalue weighted by Gasteiger charge is -2.16. The molecule has 0 N–H and O–H groups in total. The van der Waals surface area contributed by atoms with Gasteiger partial charge in [-0.3, -0.25) is 4.79 Å². The number of nitrogens with zero attached hydrogens (tertiary/aromatic N) is 3. The molecule has 0 radical (unpaired) electrons. The Hall–Kier alpha value is -1.76. The third kappa shape index (κ3) is 2.88. The molecule has 2 rings (SSSR count). The van der Waals surface area contributed by atoms with E-state index in [1.165, 1.54) is 17.5 Å². The zero-order chi connectivity index (χ0) is 12.1. The lowest BCUT2D eigenvalue weighted by molar-refractivity contribution is 0.554. The van der Waals surface area contributed by atoms with E-state index in [9.17, 15) is 4.79 Å². The number of unbranched alkanes of at least 4 members (excludes halogenated alkanes) is 1. The molecule has 1 aromatic heterocycles. The van der Waals surface area contributed by atoms with Crippen LogP contribution in [0.5, 0.6) is 0 Å². The highest BCUT2D eigenvalue weighted by Gasteiger charge is 2.13. The lowest BCUT2D eigenvalue weighted by atomic mass is 10.3. The number of aryl methyl sites for hydroxylation is 1. The van der Waals surface area contributed by atoms with Crippen LogP contribution in [-0.4, -0.2) is 22.9 Å². The first-order chi connectivity index (χ1) is 8.31. The highest BCUT2D eigenvalue weighted by molar-refractivity contribution is 5.43. The van der Waals surface area contributed by atoms with Crippen LogP contribution in [0.15, 0.2) is 17.1 Å². The molecule has 1 saturated heterocycles. The van der Waals surface area contributed by atoms with E-state index in [-0.39, 0.29) is 5.56 Å². The van der Waals surface area contributed by atoms with Crippen molar-refractivity contribution in [3.8, 4) is 12.3 Å². The summed E-state index contributed by atoms with van der Waals surface area (Å²) in [6.07, 6.45) is 10.8. The van der Waals surface area contributed by atoms with E-state index in [1.807, 2.05) is 0 Å². The van der Waals surface area contributed by atoms with Crippen molar-refractivity contribution in [1.82, 2.24) is 9.78 Å². The molecule has 0 amide bonds. The molecule has 1 fully saturated rings. The van der Waals surface area contributed by atoms with E-state index in [1.54, 1.807) is 12.3 Å². The summed E-state index contributed by atoms with van der Waals surface area (Å²) in [5.41, 5.74) is 0.909. The van der Waals surface area contributed by atoms with Crippen LogP contribution in [0.2, 0.25) is 0 Å². The summed E-state index contributed by atoms with van der Waals surface area (Å²) in [7, 11) is 0. The summed E-state index contributed by atoms with van der Waals surface area (Å²) in [6.45, 7) is 2.66. The van der Waals surface area contributed by atoms with E-state index in [0.29, 0.717) is 13.0 Å². The summed E-state index contributed by atoms with van der Waals surface area (Å²) in [5, 5.41) is 4.19. The van der Waals surface area contributed by atoms with Gasteiger partial charge in [0.05, 0.1) is 11.9 Å². The van der Waals surface area contributed by atoms with Crippen molar-refractivity contribution in [3.05, 3.63) is 22.6 Å². The van der Waals surface area contributed by atoms with E-state index in [2.05, 4.69) is 15.9 Å². The first-order valence-electron chi connectivity index (χ1n) is 6.07. The minimum Gasteiger partial charge on any atom is -0.370 e. The molecule has 0 aliphatic carbocycles. The van der Waals surface area contributed by atoms with E-state index < -0.39 is 0 Å². The maximum Gasteiger partial charge on any atom is 0.268 e. The van der Waals surface area contributed by atoms with Gasteiger partial charge in [-0.1, -0.05) is 0 Å². The van der Waals surface area contributed by atoms with E-state index in [0.717, 1.165) is 25.2 Å². The molecular formula is C13H17N3O. The van der Waals surface area contributed by atoms with Gasteiger partial charge in [-0.15, -0.1) is 12.3 Å². The van der Waals surface area contributed by atoms with Crippen molar-refractivity contribution < 1.29 is 0 Å². The monoisotopic (exact) mass is 231 g/mol. The zero-order valence-corrected chi connectivity index (χ0v) is 9.93. The van der Waals surface area contributed by atoms with Crippen molar-refractivity contribution in [2.24, 2.45) is 0 Å². The Bertz CT molecular complexity index is 466. The second-order valence-electron chi connectivity index (χ2n) is 4.28. The quantitative estimate of drug-likeness (QED) is 0.578. The number of hydrogen-bond acceptors (Lipinski definition) is 3. The summed E-state index contributed by atoms with van der Waals surface area (Å²) in [5.74, 6) is 2.56. The Morgan fingerprint density at radius 1 is 1.41 bits per heavy atom. The summed E-state index contributed by atoms with van der Waals surface area (Å²) in [4.78, 5) is 14.0. The second kappa shape index (κ2) is 5.53. The molecule has 0 unspecified atom stereocenters. The summed E-state index contributed by atoms with van der Waals surface area (Å²) >= 11 is 0. The molecule has 90 valence electrons. The van der Waals surface area contributed by atoms with Gasteiger partial charge in [-0.2, -0.15) is 5.10 Å². The Morgan fingerprint density at radius 2 is 2.18 bits per heavy atom. The molecule has 1 aliphatic heterocycles. The second-order valence-corrected chi connectivity index (χ2v) is 4.28. The third-order valence-corrected chi connectivity index (χ3v) is 3.02. The molecule has 17 heavy (non-hydrogen) atoms. The van der Waals surface area contributed by atoms with Gasteiger partial charge in [0.2, 0.25) is 0 Å². The fourth-order valence-electron chi connectivity index (χ4n) is 2.07. The van der Waals surface area contributed by atoms with E-state index >= 15 is 0 Å². The van der Waals surface area contributed by atoms with Crippen LogP contribution >= 0.6 is 0 Å². The standard InChI is InChI=1S/C13H17N3O/c1-2-3-4-9-16-13(17)10-12(11-14-16)15-7-5-6-8-15/h1,10-11H,3-9H2. The van der Waals surface area contributed by atoms with Crippen molar-refractivity contribution in [1.29, 1.82) is 0 Å². The lowest BCUT2D eigenvalue weighted by Crippen LogP contribution is -2.26. The number of anilines is 1. The fourth-order valence-corrected chi connectivity index (χ4v) is 2.07. The van der Waals surface area contributed by atoms with Crippen molar-refractivity contribution in [2.45, 2.75) is 32.2 Å². The predicted molar refractivity (Wildman–Crippen MR) is 68.0 cm³/mol. The topological polar surface area (TPSA) is 38.1 Å². The Balaban J connectivity index is 2.06. The predicted octanol–water partition coefficient (Wildman–Crippen LogP) is 1.26. The van der Waals surface area contributed by atoms with Crippen molar-refractivity contribution >= 4 is 5.69 Å². The van der Waals surface area contributed by atoms with Gasteiger partial charge in [0.25, 0.3) is 5.56 Å². The highest BCUT2D eigenvalue weighted by Crippen LogP contribution is 2.16. The first-order valence-corrected chi connectivity index (χ1v) is 6.07. The minimum absolute atomic E-state index is 0.0357. The third-order valence-electron chi connectivity index (χ3n) is 3.02. The molecule has 0 bridgehead atoms. The molecule has 1 aliphatic rings. The van der Waals surface area contributed by atoms with Gasteiger partial charge in [0, 0.05) is 32.1 Å². The minimum atomic E-state index is -0.0357. The molecule has 0 atom stereocenters. The molecule has 0 aromatic carbocycles. The number of rotatable bonds is 4. The SMILES string of the molecule is C#CCCCn1ncc(N2CCCC2)cc1=O. The van der Waals surface area contributed by atoms with Gasteiger partial charge in [0.1, 0.15) is 0 Å². The van der Waals surface area contributed by atoms with Gasteiger partial charge in [-0.05, 0) is 19.3 Å². The molecular weight excluding hydrogens is 214 g/mol. The molecule has 1 aromatic rings. The molecule has 4 heteroatoms. The maximum atomic E-state index is 11.8. The van der Waals surface area contributed by atoms with Crippen molar-refractivity contribution in [2.75, 3.05) is 18.0 Å². The Labute approximate surface area is 101 Å². The summed E-state index contributed by atoms with van der Waals surface area (Å²) < 4.78 is 1.48. The summed E-state index contributed by atoms with van der Waals surface area (Å²) in [6, 6.07) is 1.67. The van der Waals surface area contributed by atoms with Crippen LogP contribution in [0.4, 0.5) is 5.69 Å². The fraction of sp³-hybridized carbons (Fsp3) is 0.538. The molecule has 4 nitrogen and oxygen atoms in total. The Kier molecular flexibility index (Phi) is 3.81. The highest BCUT2D eigenvalue weighted by atomic mass is 16.1. The smallest absolute Gasteiger partial charge is 0.268 e. The zero-order valence-electron chi connectivity index (χ0n) is 9.93. The van der Waals surface area contributed by atoms with Gasteiger partial charge >= 0.3 is 0 Å². The normalized spacial score (nSPS) is 14.9. The number of hydrogen-bond donors (Lipinski definition) is 0. The molecule has 0 saturated carbocycles. The van der Waals surface area contributed by atoms with Crippen LogP contribution in [-0.2, 0) is 6.54 Å². The average molecular weight is 231 g/mol. The Morgan fingerprint density at radius 3 is 2.82 bits per heavy atom. The van der Waals surface area contributed by atoms with Crippen LogP contribution in [0.1, 0.15) is 25.7 Å². The van der Waals surface area contributed by atoms with Gasteiger partial charge in [0.15, 0.2) is 0 Å². The number of terminal acetylenes is 1. The average Bonchev–Trinajstić information content (AvgIpc) is 2.85. The van der Waals surface area contributed by atoms with E-state index in [4.69, 9.17) is 6.42 Å². The number of aromatic nitrogens is 2. The van der Waals surface area contributed by atoms with Gasteiger partial charge in [-0.25, -0.2) is 4.68 Å². The molecule has 2 heterocycles. The maximum absolute atomic E-state index is 11.8. The van der Waals surface area contributed by atoms with Gasteiger partial charge < -0.3 is 4.90 Å². The first kappa shape index (κ1) is 11.7. The van der Waals surface area contributed by atoms with Crippen LogP contribution < -0.4 is 10.5 Å². The largest absolute Gasteiger partial charge is 0.370 e. The molecule has 0 spiro atoms. The van der Waals surface area contributed by atoms with Crippen LogP contribution in [0.25, 0.3) is 0 Å².